The second-order valence-electron chi connectivity index (χ2n) is 9.09. The summed E-state index contributed by atoms with van der Waals surface area (Å²) in [6.45, 7) is 3.98. The van der Waals surface area contributed by atoms with Gasteiger partial charge in [-0.3, -0.25) is 9.36 Å². The molecule has 0 fully saturated rings. The van der Waals surface area contributed by atoms with Crippen molar-refractivity contribution in [2.75, 3.05) is 12.4 Å². The molecule has 188 valence electrons. The Balaban J connectivity index is 1.56. The van der Waals surface area contributed by atoms with Gasteiger partial charge in [-0.05, 0) is 55.1 Å². The second kappa shape index (κ2) is 9.72. The molecule has 0 radical (unpaired) electrons. The Labute approximate surface area is 223 Å². The van der Waals surface area contributed by atoms with Gasteiger partial charge < -0.3 is 10.1 Å². The highest BCUT2D eigenvalue weighted by atomic mass is 32.1. The first-order valence-electron chi connectivity index (χ1n) is 12.2. The monoisotopic (exact) mass is 519 g/mol. The van der Waals surface area contributed by atoms with Crippen molar-refractivity contribution in [1.29, 1.82) is 0 Å². The zero-order chi connectivity index (χ0) is 26.2. The first-order chi connectivity index (χ1) is 18.5. The van der Waals surface area contributed by atoms with Gasteiger partial charge in [0.15, 0.2) is 5.82 Å². The molecule has 0 aliphatic carbocycles. The third-order valence-electron chi connectivity index (χ3n) is 6.67. The molecule has 4 aromatic heterocycles. The van der Waals surface area contributed by atoms with Gasteiger partial charge >= 0.3 is 0 Å². The third kappa shape index (κ3) is 4.09. The third-order valence-corrected chi connectivity index (χ3v) is 7.46. The molecule has 0 aliphatic heterocycles. The van der Waals surface area contributed by atoms with Crippen LogP contribution < -0.4 is 15.6 Å². The molecule has 7 nitrogen and oxygen atoms in total. The maximum Gasteiger partial charge on any atom is 0.263 e. The van der Waals surface area contributed by atoms with Crippen molar-refractivity contribution < 1.29 is 4.74 Å². The normalized spacial score (nSPS) is 12.1. The molecule has 4 heterocycles. The summed E-state index contributed by atoms with van der Waals surface area (Å²) < 4.78 is 8.19. The number of aromatic nitrogens is 4. The topological polar surface area (TPSA) is 81.9 Å². The predicted molar refractivity (Wildman–Crippen MR) is 154 cm³/mol. The fraction of sp³-hybridized carbons (Fsp3) is 0.133. The Morgan fingerprint density at radius 1 is 1.00 bits per heavy atom. The van der Waals surface area contributed by atoms with Crippen LogP contribution in [0.25, 0.3) is 37.8 Å². The van der Waals surface area contributed by atoms with Crippen LogP contribution in [0, 0.1) is 6.92 Å². The number of methoxy groups -OCH3 is 1. The summed E-state index contributed by atoms with van der Waals surface area (Å²) in [5.41, 5.74) is 6.76. The molecule has 0 bridgehead atoms. The zero-order valence-electron chi connectivity index (χ0n) is 21.2. The lowest BCUT2D eigenvalue weighted by atomic mass is 9.98. The molecular weight excluding hydrogens is 494 g/mol. The van der Waals surface area contributed by atoms with Gasteiger partial charge in [-0.25, -0.2) is 15.0 Å². The number of anilines is 1. The maximum atomic E-state index is 14.3. The minimum atomic E-state index is -0.236. The molecule has 0 saturated carbocycles. The molecule has 0 aliphatic rings. The van der Waals surface area contributed by atoms with Crippen molar-refractivity contribution in [3.63, 3.8) is 0 Å². The number of hydrogen-bond donors (Lipinski definition) is 1. The molecular formula is C30H25N5O2S. The lowest BCUT2D eigenvalue weighted by Crippen LogP contribution is -2.26. The number of nitrogens with one attached hydrogen (secondary N) is 1. The van der Waals surface area contributed by atoms with Crippen molar-refractivity contribution in [2.45, 2.75) is 19.9 Å². The molecule has 38 heavy (non-hydrogen) atoms. The van der Waals surface area contributed by atoms with Gasteiger partial charge in [0.1, 0.15) is 5.52 Å². The smallest absolute Gasteiger partial charge is 0.263 e. The van der Waals surface area contributed by atoms with Gasteiger partial charge in [0.05, 0.1) is 28.7 Å². The number of thiazole rings is 1. The van der Waals surface area contributed by atoms with Crippen molar-refractivity contribution in [3.8, 4) is 22.7 Å². The zero-order valence-corrected chi connectivity index (χ0v) is 22.0. The van der Waals surface area contributed by atoms with E-state index in [1.54, 1.807) is 35.4 Å². The van der Waals surface area contributed by atoms with Crippen LogP contribution in [-0.2, 0) is 0 Å². The highest BCUT2D eigenvalue weighted by molar-refractivity contribution is 7.16. The van der Waals surface area contributed by atoms with E-state index in [1.165, 1.54) is 0 Å². The Morgan fingerprint density at radius 3 is 2.63 bits per heavy atom. The number of para-hydroxylation sites is 1. The summed E-state index contributed by atoms with van der Waals surface area (Å²) in [6, 6.07) is 21.4. The minimum absolute atomic E-state index is 0.0961. The van der Waals surface area contributed by atoms with E-state index in [4.69, 9.17) is 4.74 Å². The molecule has 2 aromatic carbocycles. The largest absolute Gasteiger partial charge is 0.481 e. The summed E-state index contributed by atoms with van der Waals surface area (Å²) in [5.74, 6) is 1.26. The summed E-state index contributed by atoms with van der Waals surface area (Å²) in [6.07, 6.45) is 3.53. The Kier molecular flexibility index (Phi) is 6.09. The standard InChI is InChI=1S/C30H25N5O2S/c1-18-14-21(16-32-29(18)37-3)23-11-7-8-20-15-24(35(30(36)26(20)23)22-9-5-4-6-10-22)19(2)34-28-27-25(12-13-31-28)38-17-33-27/h4-17,19H,1-3H3,(H,31,34)/t19-/m0/s1. The number of ether oxygens (including phenoxy) is 1. The van der Waals surface area contributed by atoms with Crippen LogP contribution in [0.4, 0.5) is 5.82 Å². The lowest BCUT2D eigenvalue weighted by molar-refractivity contribution is 0.394. The highest BCUT2D eigenvalue weighted by Gasteiger charge is 2.20. The van der Waals surface area contributed by atoms with Gasteiger partial charge in [0, 0.05) is 34.9 Å². The van der Waals surface area contributed by atoms with E-state index < -0.39 is 0 Å². The molecule has 0 saturated heterocycles. The van der Waals surface area contributed by atoms with Gasteiger partial charge in [0.25, 0.3) is 5.56 Å². The average Bonchev–Trinajstić information content (AvgIpc) is 3.43. The van der Waals surface area contributed by atoms with E-state index in [2.05, 4.69) is 26.3 Å². The van der Waals surface area contributed by atoms with E-state index in [9.17, 15) is 4.79 Å². The van der Waals surface area contributed by atoms with Crippen LogP contribution in [0.5, 0.6) is 5.88 Å². The SMILES string of the molecule is COc1ncc(-c2cccc3cc([C@H](C)Nc4nccc5scnc45)n(-c4ccccc4)c(=O)c23)cc1C. The quantitative estimate of drug-likeness (QED) is 0.269. The van der Waals surface area contributed by atoms with E-state index >= 15 is 0 Å². The van der Waals surface area contributed by atoms with Gasteiger partial charge in [-0.2, -0.15) is 0 Å². The van der Waals surface area contributed by atoms with E-state index in [1.807, 2.05) is 80.0 Å². The van der Waals surface area contributed by atoms with E-state index in [0.717, 1.165) is 43.7 Å². The fourth-order valence-electron chi connectivity index (χ4n) is 4.88. The number of aryl methyl sites for hydroxylation is 1. The van der Waals surface area contributed by atoms with E-state index in [-0.39, 0.29) is 11.6 Å². The second-order valence-corrected chi connectivity index (χ2v) is 9.98. The lowest BCUT2D eigenvalue weighted by Gasteiger charge is -2.22. The summed E-state index contributed by atoms with van der Waals surface area (Å²) in [7, 11) is 1.60. The summed E-state index contributed by atoms with van der Waals surface area (Å²) >= 11 is 1.57. The van der Waals surface area contributed by atoms with Crippen LogP contribution in [0.2, 0.25) is 0 Å². The van der Waals surface area contributed by atoms with Crippen LogP contribution in [0.3, 0.4) is 0 Å². The average molecular weight is 520 g/mol. The molecule has 6 aromatic rings. The number of benzene rings is 2. The van der Waals surface area contributed by atoms with Crippen LogP contribution in [0.15, 0.2) is 89.4 Å². The molecule has 0 amide bonds. The number of pyridine rings is 3. The maximum absolute atomic E-state index is 14.3. The molecule has 0 spiro atoms. The number of fused-ring (bicyclic) bond motifs is 2. The predicted octanol–water partition coefficient (Wildman–Crippen LogP) is 6.55. The first-order valence-corrected chi connectivity index (χ1v) is 13.1. The van der Waals surface area contributed by atoms with Crippen molar-refractivity contribution in [3.05, 3.63) is 106 Å². The molecule has 1 atom stereocenters. The van der Waals surface area contributed by atoms with Crippen molar-refractivity contribution in [1.82, 2.24) is 19.5 Å². The number of rotatable bonds is 6. The molecule has 1 N–H and O–H groups in total. The Hall–Kier alpha value is -4.56. The van der Waals surface area contributed by atoms with Gasteiger partial charge in [-0.1, -0.05) is 36.4 Å². The fourth-order valence-corrected chi connectivity index (χ4v) is 5.56. The van der Waals surface area contributed by atoms with Crippen LogP contribution in [0.1, 0.15) is 24.2 Å². The van der Waals surface area contributed by atoms with Gasteiger partial charge in [0.2, 0.25) is 5.88 Å². The summed E-state index contributed by atoms with van der Waals surface area (Å²) in [5, 5.41) is 5.00. The van der Waals surface area contributed by atoms with Crippen LogP contribution in [-0.4, -0.2) is 26.6 Å². The van der Waals surface area contributed by atoms with E-state index in [0.29, 0.717) is 17.1 Å². The van der Waals surface area contributed by atoms with Crippen LogP contribution >= 0.6 is 11.3 Å². The molecule has 8 heteroatoms. The first kappa shape index (κ1) is 23.8. The number of nitrogens with zero attached hydrogens (tertiary/aromatic N) is 4. The summed E-state index contributed by atoms with van der Waals surface area (Å²) in [4.78, 5) is 27.8. The highest BCUT2D eigenvalue weighted by Crippen LogP contribution is 2.32. The Morgan fingerprint density at radius 2 is 1.84 bits per heavy atom. The molecule has 6 rings (SSSR count). The van der Waals surface area contributed by atoms with Crippen molar-refractivity contribution >= 4 is 38.1 Å². The molecule has 0 unspecified atom stereocenters. The Bertz CT molecular complexity index is 1850. The minimum Gasteiger partial charge on any atom is -0.481 e. The van der Waals surface area contributed by atoms with Gasteiger partial charge in [-0.15, -0.1) is 11.3 Å². The van der Waals surface area contributed by atoms with Crippen molar-refractivity contribution in [2.24, 2.45) is 0 Å². The number of hydrogen-bond acceptors (Lipinski definition) is 7.